The Morgan fingerprint density at radius 2 is 1.82 bits per heavy atom. The minimum absolute atomic E-state index is 0.0621. The Morgan fingerprint density at radius 3 is 2.24 bits per heavy atom. The van der Waals surface area contributed by atoms with Crippen molar-refractivity contribution in [2.24, 2.45) is 0 Å². The van der Waals surface area contributed by atoms with Gasteiger partial charge in [-0.3, -0.25) is 4.18 Å². The Hall–Kier alpha value is -0.990. The lowest BCUT2D eigenvalue weighted by Crippen LogP contribution is -2.17. The highest BCUT2D eigenvalue weighted by Crippen LogP contribution is 2.32. The summed E-state index contributed by atoms with van der Waals surface area (Å²) in [6, 6.07) is 3.93. The van der Waals surface area contributed by atoms with E-state index >= 15 is 0 Å². The molecule has 3 nitrogen and oxygen atoms in total. The van der Waals surface area contributed by atoms with Crippen molar-refractivity contribution in [1.82, 2.24) is 0 Å². The second-order valence-corrected chi connectivity index (χ2v) is 3.76. The summed E-state index contributed by atoms with van der Waals surface area (Å²) in [5.74, 6) is -0.636. The summed E-state index contributed by atoms with van der Waals surface area (Å²) in [7, 11) is 0. The molecule has 2 unspecified atom stereocenters. The molecule has 2 atom stereocenters. The Bertz CT molecular complexity index is 390. The lowest BCUT2D eigenvalue weighted by molar-refractivity contribution is -0.151. The highest BCUT2D eigenvalue weighted by molar-refractivity contribution is 7.74. The number of hydrogen-bond acceptors (Lipinski definition) is 3. The van der Waals surface area contributed by atoms with Crippen molar-refractivity contribution in [1.29, 1.82) is 0 Å². The van der Waals surface area contributed by atoms with Crippen LogP contribution in [0.5, 0.6) is 0 Å². The summed E-state index contributed by atoms with van der Waals surface area (Å²) in [6.07, 6.45) is -7.75. The van der Waals surface area contributed by atoms with Crippen LogP contribution in [-0.4, -0.2) is 14.9 Å². The van der Waals surface area contributed by atoms with Gasteiger partial charge in [0.1, 0.15) is 11.9 Å². The third-order valence-electron chi connectivity index (χ3n) is 1.85. The summed E-state index contributed by atoms with van der Waals surface area (Å²) >= 11 is -3.08. The molecule has 96 valence electrons. The zero-order chi connectivity index (χ0) is 13.1. The number of halogens is 4. The van der Waals surface area contributed by atoms with E-state index in [1.807, 2.05) is 0 Å². The van der Waals surface area contributed by atoms with Crippen molar-refractivity contribution in [3.05, 3.63) is 35.6 Å². The molecule has 1 aromatic rings. The Balaban J connectivity index is 2.89. The van der Waals surface area contributed by atoms with Crippen LogP contribution >= 0.6 is 0 Å². The molecule has 0 fully saturated rings. The third-order valence-corrected chi connectivity index (χ3v) is 2.24. The molecule has 0 amide bonds. The monoisotopic (exact) mass is 271 g/mol. The van der Waals surface area contributed by atoms with Crippen LogP contribution in [0.3, 0.4) is 0 Å². The van der Waals surface area contributed by atoms with E-state index in [1.54, 1.807) is 0 Å². The van der Waals surface area contributed by atoms with Crippen molar-refractivity contribution < 1.29 is 30.5 Å². The first-order chi connectivity index (χ1) is 7.78. The molecule has 0 radical (unpaired) electrons. The first-order valence-electron chi connectivity index (χ1n) is 4.36. The van der Waals surface area contributed by atoms with E-state index < -0.39 is 35.9 Å². The van der Waals surface area contributed by atoms with Crippen LogP contribution in [0, 0.1) is 5.82 Å². The SMILES string of the molecule is O=S([O-])OC(CC(F)(F)F)c1ccc(F)cc1. The molecule has 0 aromatic heterocycles. The van der Waals surface area contributed by atoms with Crippen LogP contribution in [0.1, 0.15) is 18.1 Å². The van der Waals surface area contributed by atoms with Crippen LogP contribution in [0.25, 0.3) is 0 Å². The van der Waals surface area contributed by atoms with Crippen molar-refractivity contribution in [3.8, 4) is 0 Å². The second-order valence-electron chi connectivity index (χ2n) is 3.16. The maximum Gasteiger partial charge on any atom is 0.391 e. The molecule has 0 bridgehead atoms. The molecule has 0 heterocycles. The van der Waals surface area contributed by atoms with Gasteiger partial charge in [0.2, 0.25) is 0 Å². The Kier molecular flexibility index (Phi) is 4.61. The van der Waals surface area contributed by atoms with Gasteiger partial charge >= 0.3 is 6.18 Å². The van der Waals surface area contributed by atoms with Gasteiger partial charge in [0.25, 0.3) is 0 Å². The van der Waals surface area contributed by atoms with E-state index in [0.29, 0.717) is 0 Å². The van der Waals surface area contributed by atoms with Gasteiger partial charge in [0.15, 0.2) is 0 Å². The number of hydrogen-bond donors (Lipinski definition) is 0. The number of benzene rings is 1. The quantitative estimate of drug-likeness (QED) is 0.624. The predicted octanol–water partition coefficient (Wildman–Crippen LogP) is 2.63. The Morgan fingerprint density at radius 1 is 1.29 bits per heavy atom. The minimum Gasteiger partial charge on any atom is -0.750 e. The zero-order valence-electron chi connectivity index (χ0n) is 8.24. The molecule has 0 spiro atoms. The van der Waals surface area contributed by atoms with Crippen molar-refractivity contribution in [3.63, 3.8) is 0 Å². The van der Waals surface area contributed by atoms with Crippen molar-refractivity contribution >= 4 is 11.4 Å². The van der Waals surface area contributed by atoms with Gasteiger partial charge in [-0.15, -0.1) is 0 Å². The second kappa shape index (κ2) is 5.56. The summed E-state index contributed by atoms with van der Waals surface area (Å²) in [5.41, 5.74) is -0.0621. The molecule has 1 rings (SSSR count). The van der Waals surface area contributed by atoms with E-state index in [0.717, 1.165) is 24.3 Å². The molecule has 1 aromatic carbocycles. The van der Waals surface area contributed by atoms with Crippen LogP contribution in [0.4, 0.5) is 17.6 Å². The van der Waals surface area contributed by atoms with Crippen LogP contribution in [0.15, 0.2) is 24.3 Å². The summed E-state index contributed by atoms with van der Waals surface area (Å²) < 4.78 is 73.7. The van der Waals surface area contributed by atoms with Gasteiger partial charge in [0, 0.05) is 0 Å². The fraction of sp³-hybridized carbons (Fsp3) is 0.333. The van der Waals surface area contributed by atoms with E-state index in [2.05, 4.69) is 4.18 Å². The maximum absolute atomic E-state index is 12.6. The lowest BCUT2D eigenvalue weighted by Gasteiger charge is -2.20. The maximum atomic E-state index is 12.6. The molecule has 0 aliphatic carbocycles. The molecule has 0 aliphatic heterocycles. The lowest BCUT2D eigenvalue weighted by atomic mass is 10.1. The van der Waals surface area contributed by atoms with Crippen molar-refractivity contribution in [2.45, 2.75) is 18.7 Å². The molecule has 17 heavy (non-hydrogen) atoms. The standard InChI is InChI=1S/C9H8F4O3S/c10-7-3-1-6(2-4-7)8(16-17(14)15)5-9(11,12)13/h1-4,8H,5H2,(H,14,15)/p-1. The van der Waals surface area contributed by atoms with Crippen molar-refractivity contribution in [2.75, 3.05) is 0 Å². The van der Waals surface area contributed by atoms with E-state index in [-0.39, 0.29) is 5.56 Å². The number of alkyl halides is 3. The van der Waals surface area contributed by atoms with Crippen LogP contribution in [0.2, 0.25) is 0 Å². The first kappa shape index (κ1) is 14.1. The predicted molar refractivity (Wildman–Crippen MR) is 49.8 cm³/mol. The van der Waals surface area contributed by atoms with Crippen LogP contribution < -0.4 is 0 Å². The average molecular weight is 271 g/mol. The largest absolute Gasteiger partial charge is 0.750 e. The first-order valence-corrected chi connectivity index (χ1v) is 5.36. The molecular formula is C9H7F4O3S-. The molecule has 0 saturated heterocycles. The highest BCUT2D eigenvalue weighted by Gasteiger charge is 2.33. The number of rotatable bonds is 4. The van der Waals surface area contributed by atoms with Gasteiger partial charge in [-0.05, 0) is 17.7 Å². The van der Waals surface area contributed by atoms with Gasteiger partial charge in [-0.25, -0.2) is 8.60 Å². The summed E-state index contributed by atoms with van der Waals surface area (Å²) in [6.45, 7) is 0. The molecule has 8 heteroatoms. The zero-order valence-corrected chi connectivity index (χ0v) is 9.06. The van der Waals surface area contributed by atoms with E-state index in [4.69, 9.17) is 0 Å². The molecule has 0 aliphatic rings. The van der Waals surface area contributed by atoms with E-state index in [1.165, 1.54) is 0 Å². The average Bonchev–Trinajstić information content (AvgIpc) is 2.14. The van der Waals surface area contributed by atoms with E-state index in [9.17, 15) is 26.3 Å². The topological polar surface area (TPSA) is 49.4 Å². The molecule has 0 saturated carbocycles. The summed E-state index contributed by atoms with van der Waals surface area (Å²) in [4.78, 5) is 0. The van der Waals surface area contributed by atoms with Gasteiger partial charge in [-0.1, -0.05) is 12.1 Å². The van der Waals surface area contributed by atoms with Crippen LogP contribution in [-0.2, 0) is 15.5 Å². The fourth-order valence-corrected chi connectivity index (χ4v) is 1.56. The summed E-state index contributed by atoms with van der Waals surface area (Å²) in [5, 5.41) is 0. The minimum atomic E-state index is -4.58. The smallest absolute Gasteiger partial charge is 0.391 e. The third kappa shape index (κ3) is 5.24. The molecule has 0 N–H and O–H groups in total. The molecular weight excluding hydrogens is 264 g/mol. The van der Waals surface area contributed by atoms with Gasteiger partial charge in [0.05, 0.1) is 17.8 Å². The van der Waals surface area contributed by atoms with Gasteiger partial charge < -0.3 is 4.55 Å². The normalized spacial score (nSPS) is 15.6. The van der Waals surface area contributed by atoms with Gasteiger partial charge in [-0.2, -0.15) is 13.2 Å². The Labute approximate surface area is 96.9 Å². The fourth-order valence-electron chi connectivity index (χ4n) is 1.19. The highest BCUT2D eigenvalue weighted by atomic mass is 32.2.